The number of aliphatic hydroxyl groups excluding tert-OH is 1. The lowest BCUT2D eigenvalue weighted by atomic mass is 9.77. The minimum absolute atomic E-state index is 0.0686. The number of rotatable bonds is 2. The second-order valence-electron chi connectivity index (χ2n) is 7.47. The maximum Gasteiger partial charge on any atom is 0.134 e. The first-order chi connectivity index (χ1) is 12.7. The molecule has 134 valence electrons. The Morgan fingerprint density at radius 2 is 1.85 bits per heavy atom. The number of para-hydroxylation sites is 2. The van der Waals surface area contributed by atoms with Gasteiger partial charge in [-0.05, 0) is 36.8 Å². The van der Waals surface area contributed by atoms with Gasteiger partial charge in [-0.3, -0.25) is 0 Å². The van der Waals surface area contributed by atoms with Gasteiger partial charge in [-0.25, -0.2) is 15.0 Å². The first kappa shape index (κ1) is 15.6. The SMILES string of the molecule is Nc1cc(N2C[C@H]3C[C@@H](n4cnc5ccccc54)[C@H](O)C[C@H]3C2)ncn1. The number of anilines is 2. The van der Waals surface area contributed by atoms with Crippen molar-refractivity contribution in [2.75, 3.05) is 23.7 Å². The summed E-state index contributed by atoms with van der Waals surface area (Å²) >= 11 is 0. The molecule has 1 saturated carbocycles. The van der Waals surface area contributed by atoms with Crippen LogP contribution in [0, 0.1) is 11.8 Å². The van der Waals surface area contributed by atoms with Crippen molar-refractivity contribution in [1.82, 2.24) is 19.5 Å². The average molecular weight is 350 g/mol. The monoisotopic (exact) mass is 350 g/mol. The molecule has 26 heavy (non-hydrogen) atoms. The number of hydrogen-bond donors (Lipinski definition) is 2. The highest BCUT2D eigenvalue weighted by atomic mass is 16.3. The summed E-state index contributed by atoms with van der Waals surface area (Å²) in [6, 6.07) is 10.0. The number of benzene rings is 1. The topological polar surface area (TPSA) is 93.1 Å². The summed E-state index contributed by atoms with van der Waals surface area (Å²) in [7, 11) is 0. The van der Waals surface area contributed by atoms with E-state index in [9.17, 15) is 5.11 Å². The Balaban J connectivity index is 1.40. The van der Waals surface area contributed by atoms with Gasteiger partial charge in [0, 0.05) is 19.2 Å². The third-order valence-electron chi connectivity index (χ3n) is 5.95. The minimum atomic E-state index is -0.357. The maximum atomic E-state index is 10.8. The van der Waals surface area contributed by atoms with Crippen LogP contribution in [0.3, 0.4) is 0 Å². The van der Waals surface area contributed by atoms with Crippen LogP contribution < -0.4 is 10.6 Å². The van der Waals surface area contributed by atoms with E-state index in [-0.39, 0.29) is 12.1 Å². The maximum absolute atomic E-state index is 10.8. The third-order valence-corrected chi connectivity index (χ3v) is 5.95. The molecule has 3 heterocycles. The normalized spacial score (nSPS) is 28.4. The first-order valence-corrected chi connectivity index (χ1v) is 9.11. The van der Waals surface area contributed by atoms with Crippen molar-refractivity contribution in [2.24, 2.45) is 11.8 Å². The van der Waals surface area contributed by atoms with Gasteiger partial charge in [0.05, 0.1) is 29.5 Å². The van der Waals surface area contributed by atoms with E-state index in [0.717, 1.165) is 42.8 Å². The molecule has 5 rings (SSSR count). The van der Waals surface area contributed by atoms with Crippen LogP contribution in [-0.2, 0) is 0 Å². The van der Waals surface area contributed by atoms with Crippen LogP contribution in [-0.4, -0.2) is 43.8 Å². The van der Waals surface area contributed by atoms with E-state index >= 15 is 0 Å². The molecule has 1 aromatic carbocycles. The highest BCUT2D eigenvalue weighted by molar-refractivity contribution is 5.75. The molecule has 2 aromatic heterocycles. The second-order valence-corrected chi connectivity index (χ2v) is 7.47. The smallest absolute Gasteiger partial charge is 0.134 e. The molecule has 0 amide bonds. The number of hydrogen-bond acceptors (Lipinski definition) is 6. The van der Waals surface area contributed by atoms with Crippen molar-refractivity contribution in [3.63, 3.8) is 0 Å². The van der Waals surface area contributed by atoms with Gasteiger partial charge >= 0.3 is 0 Å². The van der Waals surface area contributed by atoms with Gasteiger partial charge in [0.1, 0.15) is 18.0 Å². The zero-order valence-electron chi connectivity index (χ0n) is 14.4. The fourth-order valence-corrected chi connectivity index (χ4v) is 4.67. The Morgan fingerprint density at radius 3 is 2.69 bits per heavy atom. The number of aliphatic hydroxyl groups is 1. The summed E-state index contributed by atoms with van der Waals surface area (Å²) in [6.07, 6.45) is 4.78. The van der Waals surface area contributed by atoms with Gasteiger partial charge in [0.15, 0.2) is 0 Å². The van der Waals surface area contributed by atoms with Crippen molar-refractivity contribution in [2.45, 2.75) is 25.0 Å². The zero-order chi connectivity index (χ0) is 17.7. The standard InChI is InChI=1S/C19H22N6O/c20-18-7-19(22-10-21-18)24-8-12-5-16(17(26)6-13(12)9-24)25-11-23-14-3-1-2-4-15(14)25/h1-4,7,10-13,16-17,26H,5-6,8-9H2,(H2,20,21,22)/t12-,13+,16-,17-/m1/s1. The van der Waals surface area contributed by atoms with E-state index < -0.39 is 0 Å². The van der Waals surface area contributed by atoms with Crippen LogP contribution in [0.15, 0.2) is 43.0 Å². The molecule has 0 radical (unpaired) electrons. The molecule has 4 atom stereocenters. The molecule has 0 bridgehead atoms. The van der Waals surface area contributed by atoms with Crippen molar-refractivity contribution in [1.29, 1.82) is 0 Å². The molecule has 2 fully saturated rings. The molecule has 3 aromatic rings. The molecule has 7 nitrogen and oxygen atoms in total. The van der Waals surface area contributed by atoms with Crippen molar-refractivity contribution >= 4 is 22.7 Å². The summed E-state index contributed by atoms with van der Waals surface area (Å²) in [5.41, 5.74) is 7.88. The zero-order valence-corrected chi connectivity index (χ0v) is 14.4. The summed E-state index contributed by atoms with van der Waals surface area (Å²) in [5.74, 6) is 2.38. The number of aromatic nitrogens is 4. The number of nitrogens with two attached hydrogens (primary N) is 1. The molecule has 1 aliphatic carbocycles. The molecular formula is C19H22N6O. The molecule has 0 spiro atoms. The molecule has 7 heteroatoms. The fourth-order valence-electron chi connectivity index (χ4n) is 4.67. The Morgan fingerprint density at radius 1 is 1.04 bits per heavy atom. The Labute approximate surface area is 151 Å². The molecule has 1 saturated heterocycles. The lowest BCUT2D eigenvalue weighted by molar-refractivity contribution is 0.0375. The van der Waals surface area contributed by atoms with Gasteiger partial charge in [-0.1, -0.05) is 12.1 Å². The highest BCUT2D eigenvalue weighted by Gasteiger charge is 2.43. The second kappa shape index (κ2) is 5.95. The van der Waals surface area contributed by atoms with Crippen LogP contribution in [0.25, 0.3) is 11.0 Å². The summed E-state index contributed by atoms with van der Waals surface area (Å²) < 4.78 is 2.15. The van der Waals surface area contributed by atoms with Crippen LogP contribution in [0.5, 0.6) is 0 Å². The number of fused-ring (bicyclic) bond motifs is 2. The van der Waals surface area contributed by atoms with Crippen LogP contribution in [0.1, 0.15) is 18.9 Å². The van der Waals surface area contributed by atoms with Gasteiger partial charge in [0.25, 0.3) is 0 Å². The lowest BCUT2D eigenvalue weighted by Gasteiger charge is -2.36. The highest BCUT2D eigenvalue weighted by Crippen LogP contribution is 2.43. The number of imidazole rings is 1. The molecular weight excluding hydrogens is 328 g/mol. The molecule has 3 N–H and O–H groups in total. The van der Waals surface area contributed by atoms with E-state index in [1.807, 2.05) is 30.6 Å². The van der Waals surface area contributed by atoms with E-state index in [1.165, 1.54) is 6.33 Å². The predicted molar refractivity (Wildman–Crippen MR) is 99.6 cm³/mol. The van der Waals surface area contributed by atoms with Gasteiger partial charge in [0.2, 0.25) is 0 Å². The van der Waals surface area contributed by atoms with Gasteiger partial charge in [-0.2, -0.15) is 0 Å². The Hall–Kier alpha value is -2.67. The van der Waals surface area contributed by atoms with Crippen molar-refractivity contribution < 1.29 is 5.11 Å². The largest absolute Gasteiger partial charge is 0.391 e. The number of nitrogen functional groups attached to an aromatic ring is 1. The van der Waals surface area contributed by atoms with E-state index in [0.29, 0.717) is 17.7 Å². The number of nitrogens with zero attached hydrogens (tertiary/aromatic N) is 5. The minimum Gasteiger partial charge on any atom is -0.391 e. The predicted octanol–water partition coefficient (Wildman–Crippen LogP) is 1.86. The summed E-state index contributed by atoms with van der Waals surface area (Å²) in [6.45, 7) is 1.85. The Kier molecular flexibility index (Phi) is 3.56. The Bertz CT molecular complexity index is 940. The summed E-state index contributed by atoms with van der Waals surface area (Å²) in [5, 5.41) is 10.8. The molecule has 2 aliphatic rings. The molecule has 1 aliphatic heterocycles. The van der Waals surface area contributed by atoms with Crippen LogP contribution in [0.4, 0.5) is 11.6 Å². The molecule has 0 unspecified atom stereocenters. The van der Waals surface area contributed by atoms with Crippen molar-refractivity contribution in [3.05, 3.63) is 43.0 Å². The average Bonchev–Trinajstić information content (AvgIpc) is 3.24. The van der Waals surface area contributed by atoms with E-state index in [4.69, 9.17) is 5.73 Å². The quantitative estimate of drug-likeness (QED) is 0.733. The van der Waals surface area contributed by atoms with Crippen molar-refractivity contribution in [3.8, 4) is 0 Å². The van der Waals surface area contributed by atoms with E-state index in [1.54, 1.807) is 0 Å². The van der Waals surface area contributed by atoms with Gasteiger partial charge in [-0.15, -0.1) is 0 Å². The van der Waals surface area contributed by atoms with Gasteiger partial charge < -0.3 is 20.3 Å². The van der Waals surface area contributed by atoms with Crippen LogP contribution in [0.2, 0.25) is 0 Å². The summed E-state index contributed by atoms with van der Waals surface area (Å²) in [4.78, 5) is 15.1. The first-order valence-electron chi connectivity index (χ1n) is 9.11. The third kappa shape index (κ3) is 2.50. The van der Waals surface area contributed by atoms with Crippen LogP contribution >= 0.6 is 0 Å². The van der Waals surface area contributed by atoms with E-state index in [2.05, 4.69) is 30.5 Å². The fraction of sp³-hybridized carbons (Fsp3) is 0.421. The lowest BCUT2D eigenvalue weighted by Crippen LogP contribution is -2.36.